The fraction of sp³-hybridized carbons (Fsp3) is 0.190. The zero-order chi connectivity index (χ0) is 19.9. The monoisotopic (exact) mass is 396 g/mol. The molecular weight excluding hydrogens is 376 g/mol. The molecule has 3 rings (SSSR count). The number of nitrogens with zero attached hydrogens (tertiary/aromatic N) is 2. The van der Waals surface area contributed by atoms with Crippen molar-refractivity contribution in [1.82, 2.24) is 0 Å². The van der Waals surface area contributed by atoms with E-state index in [-0.39, 0.29) is 17.5 Å². The molecule has 0 amide bonds. The lowest BCUT2D eigenvalue weighted by atomic mass is 10.1. The predicted octanol–water partition coefficient (Wildman–Crippen LogP) is 6.03. The van der Waals surface area contributed by atoms with Gasteiger partial charge in [-0.2, -0.15) is 0 Å². The molecule has 7 heteroatoms. The SMILES string of the molecule is CC(C)/C(=N\OCc1cccc(Oc2ccccc2)c1)c1ccc([N+](=O)[O-])s1. The average molecular weight is 396 g/mol. The van der Waals surface area contributed by atoms with Crippen molar-refractivity contribution in [2.75, 3.05) is 0 Å². The molecule has 0 radical (unpaired) electrons. The van der Waals surface area contributed by atoms with Crippen LogP contribution in [0.25, 0.3) is 0 Å². The van der Waals surface area contributed by atoms with E-state index in [1.54, 1.807) is 6.07 Å². The van der Waals surface area contributed by atoms with Gasteiger partial charge >= 0.3 is 5.00 Å². The van der Waals surface area contributed by atoms with Gasteiger partial charge in [0.05, 0.1) is 15.5 Å². The topological polar surface area (TPSA) is 74.0 Å². The summed E-state index contributed by atoms with van der Waals surface area (Å²) in [4.78, 5) is 16.8. The maximum absolute atomic E-state index is 10.9. The second-order valence-corrected chi connectivity index (χ2v) is 7.42. The first-order valence-electron chi connectivity index (χ1n) is 8.79. The second kappa shape index (κ2) is 9.14. The van der Waals surface area contributed by atoms with Crippen molar-refractivity contribution in [2.45, 2.75) is 20.5 Å². The van der Waals surface area contributed by atoms with Gasteiger partial charge in [-0.15, -0.1) is 0 Å². The highest BCUT2D eigenvalue weighted by Crippen LogP contribution is 2.27. The Hall–Kier alpha value is -3.19. The van der Waals surface area contributed by atoms with Gasteiger partial charge in [-0.05, 0) is 35.9 Å². The molecule has 0 unspecified atom stereocenters. The number of ether oxygens (including phenoxy) is 1. The number of rotatable bonds is 8. The van der Waals surface area contributed by atoms with Crippen molar-refractivity contribution in [3.8, 4) is 11.5 Å². The molecule has 0 spiro atoms. The first kappa shape index (κ1) is 19.6. The van der Waals surface area contributed by atoms with Gasteiger partial charge in [-0.3, -0.25) is 10.1 Å². The van der Waals surface area contributed by atoms with Crippen molar-refractivity contribution >= 4 is 22.0 Å². The fourth-order valence-corrected chi connectivity index (χ4v) is 3.45. The molecule has 2 aromatic carbocycles. The Bertz CT molecular complexity index is 967. The molecule has 0 bridgehead atoms. The first-order valence-corrected chi connectivity index (χ1v) is 9.61. The minimum absolute atomic E-state index is 0.0750. The number of thiophene rings is 1. The van der Waals surface area contributed by atoms with Gasteiger partial charge < -0.3 is 9.57 Å². The van der Waals surface area contributed by atoms with Crippen LogP contribution in [0.5, 0.6) is 11.5 Å². The molecule has 1 heterocycles. The van der Waals surface area contributed by atoms with E-state index in [4.69, 9.17) is 9.57 Å². The van der Waals surface area contributed by atoms with E-state index in [9.17, 15) is 10.1 Å². The van der Waals surface area contributed by atoms with Crippen molar-refractivity contribution in [3.63, 3.8) is 0 Å². The minimum atomic E-state index is -0.398. The van der Waals surface area contributed by atoms with Crippen LogP contribution in [0.2, 0.25) is 0 Å². The summed E-state index contributed by atoms with van der Waals surface area (Å²) in [5, 5.41) is 15.2. The summed E-state index contributed by atoms with van der Waals surface area (Å²) in [7, 11) is 0. The Labute approximate surface area is 167 Å². The summed E-state index contributed by atoms with van der Waals surface area (Å²) in [6.45, 7) is 4.22. The third-order valence-corrected chi connectivity index (χ3v) is 4.90. The summed E-state index contributed by atoms with van der Waals surface area (Å²) in [5.74, 6) is 1.56. The van der Waals surface area contributed by atoms with E-state index in [1.165, 1.54) is 6.07 Å². The highest BCUT2D eigenvalue weighted by atomic mass is 32.1. The Morgan fingerprint density at radius 2 is 1.82 bits per heavy atom. The van der Waals surface area contributed by atoms with E-state index < -0.39 is 4.92 Å². The minimum Gasteiger partial charge on any atom is -0.457 e. The second-order valence-electron chi connectivity index (χ2n) is 6.36. The quantitative estimate of drug-likeness (QED) is 0.265. The van der Waals surface area contributed by atoms with Crippen LogP contribution in [0.3, 0.4) is 0 Å². The molecule has 3 aromatic rings. The first-order chi connectivity index (χ1) is 13.5. The third kappa shape index (κ3) is 5.17. The average Bonchev–Trinajstić information content (AvgIpc) is 3.16. The molecule has 28 heavy (non-hydrogen) atoms. The summed E-state index contributed by atoms with van der Waals surface area (Å²) in [6.07, 6.45) is 0. The maximum atomic E-state index is 10.9. The van der Waals surface area contributed by atoms with Gasteiger partial charge in [0, 0.05) is 12.0 Å². The van der Waals surface area contributed by atoms with Crippen LogP contribution in [-0.4, -0.2) is 10.6 Å². The molecule has 0 aliphatic rings. The van der Waals surface area contributed by atoms with Crippen LogP contribution in [0.4, 0.5) is 5.00 Å². The predicted molar refractivity (Wildman–Crippen MR) is 110 cm³/mol. The number of oxime groups is 1. The molecule has 0 aliphatic heterocycles. The molecule has 0 fully saturated rings. The molecule has 0 atom stereocenters. The molecular formula is C21H20N2O4S. The lowest BCUT2D eigenvalue weighted by molar-refractivity contribution is -0.380. The highest BCUT2D eigenvalue weighted by molar-refractivity contribution is 7.17. The van der Waals surface area contributed by atoms with Crippen LogP contribution >= 0.6 is 11.3 Å². The Kier molecular flexibility index (Phi) is 6.39. The normalized spacial score (nSPS) is 11.5. The summed E-state index contributed by atoms with van der Waals surface area (Å²) >= 11 is 1.10. The summed E-state index contributed by atoms with van der Waals surface area (Å²) in [6, 6.07) is 20.3. The van der Waals surface area contributed by atoms with Gasteiger partial charge in [0.25, 0.3) is 0 Å². The van der Waals surface area contributed by atoms with Gasteiger partial charge in [-0.25, -0.2) is 0 Å². The van der Waals surface area contributed by atoms with Crippen molar-refractivity contribution in [2.24, 2.45) is 11.1 Å². The maximum Gasteiger partial charge on any atom is 0.324 e. The van der Waals surface area contributed by atoms with E-state index in [2.05, 4.69) is 5.16 Å². The van der Waals surface area contributed by atoms with Crippen molar-refractivity contribution in [3.05, 3.63) is 87.3 Å². The lowest BCUT2D eigenvalue weighted by Crippen LogP contribution is -2.08. The van der Waals surface area contributed by atoms with E-state index in [0.717, 1.165) is 27.5 Å². The smallest absolute Gasteiger partial charge is 0.324 e. The van der Waals surface area contributed by atoms with Gasteiger partial charge in [-0.1, -0.05) is 60.7 Å². The lowest BCUT2D eigenvalue weighted by Gasteiger charge is -2.09. The number of hydrogen-bond donors (Lipinski definition) is 0. The molecule has 0 N–H and O–H groups in total. The Morgan fingerprint density at radius 1 is 1.07 bits per heavy atom. The fourth-order valence-electron chi connectivity index (χ4n) is 2.50. The third-order valence-electron chi connectivity index (χ3n) is 3.84. The van der Waals surface area contributed by atoms with Crippen LogP contribution in [0.1, 0.15) is 24.3 Å². The largest absolute Gasteiger partial charge is 0.457 e. The van der Waals surface area contributed by atoms with E-state index in [1.807, 2.05) is 68.4 Å². The van der Waals surface area contributed by atoms with Crippen LogP contribution < -0.4 is 4.74 Å². The molecule has 6 nitrogen and oxygen atoms in total. The van der Waals surface area contributed by atoms with Crippen molar-refractivity contribution in [1.29, 1.82) is 0 Å². The van der Waals surface area contributed by atoms with E-state index >= 15 is 0 Å². The zero-order valence-corrected chi connectivity index (χ0v) is 16.4. The Balaban J connectivity index is 1.68. The summed E-state index contributed by atoms with van der Waals surface area (Å²) in [5.41, 5.74) is 1.60. The number of nitro groups is 1. The molecule has 144 valence electrons. The number of hydrogen-bond acceptors (Lipinski definition) is 6. The molecule has 1 aromatic heterocycles. The van der Waals surface area contributed by atoms with Gasteiger partial charge in [0.15, 0.2) is 0 Å². The Morgan fingerprint density at radius 3 is 2.50 bits per heavy atom. The van der Waals surface area contributed by atoms with Crippen LogP contribution in [-0.2, 0) is 11.4 Å². The van der Waals surface area contributed by atoms with Crippen LogP contribution in [0, 0.1) is 16.0 Å². The molecule has 0 saturated heterocycles. The van der Waals surface area contributed by atoms with Gasteiger partial charge in [0.1, 0.15) is 18.1 Å². The standard InChI is InChI=1S/C21H20N2O4S/c1-15(2)21(19-11-12-20(28-19)23(24)25)22-26-14-16-7-6-10-18(13-16)27-17-8-4-3-5-9-17/h3-13,15H,14H2,1-2H3/b22-21+. The molecule has 0 aliphatic carbocycles. The molecule has 0 saturated carbocycles. The van der Waals surface area contributed by atoms with Gasteiger partial charge in [0.2, 0.25) is 0 Å². The number of para-hydroxylation sites is 1. The highest BCUT2D eigenvalue weighted by Gasteiger charge is 2.17. The summed E-state index contributed by atoms with van der Waals surface area (Å²) < 4.78 is 5.83. The number of benzene rings is 2. The zero-order valence-electron chi connectivity index (χ0n) is 15.6. The van der Waals surface area contributed by atoms with Crippen LogP contribution in [0.15, 0.2) is 71.9 Å². The van der Waals surface area contributed by atoms with E-state index in [0.29, 0.717) is 11.5 Å². The van der Waals surface area contributed by atoms with Crippen molar-refractivity contribution < 1.29 is 14.5 Å².